The standard InChI is InChI=1S/C34H46N2O2/c1-8-36(9-2)33(37)28-12-10-26(11-13-28)24(3)21-35(22-25(4)27-15-18-31(38-7)19-16-27)23-29-14-17-30-20-32(29)34(30,5)6/h10-13,15-16,18-19,29-30,32H,3-4,8-9,14,17,20-23H2,1-2,5-7H3/t29-,30-,32-/m0/s1. The van der Waals surface area contributed by atoms with Crippen LogP contribution < -0.4 is 4.74 Å². The third-order valence-electron chi connectivity index (χ3n) is 9.41. The van der Waals surface area contributed by atoms with Gasteiger partial charge < -0.3 is 9.64 Å². The molecule has 4 nitrogen and oxygen atoms in total. The van der Waals surface area contributed by atoms with Crippen molar-refractivity contribution in [3.8, 4) is 5.75 Å². The molecule has 0 aliphatic heterocycles. The van der Waals surface area contributed by atoms with Gasteiger partial charge in [0.15, 0.2) is 0 Å². The summed E-state index contributed by atoms with van der Waals surface area (Å²) in [4.78, 5) is 17.1. The summed E-state index contributed by atoms with van der Waals surface area (Å²) < 4.78 is 5.34. The molecule has 3 aliphatic rings. The molecule has 0 radical (unpaired) electrons. The Morgan fingerprint density at radius 2 is 1.42 bits per heavy atom. The second-order valence-corrected chi connectivity index (χ2v) is 11.9. The Kier molecular flexibility index (Phi) is 8.82. The number of benzene rings is 2. The molecule has 3 atom stereocenters. The van der Waals surface area contributed by atoms with E-state index in [-0.39, 0.29) is 5.91 Å². The molecule has 0 heterocycles. The summed E-state index contributed by atoms with van der Waals surface area (Å²) in [6, 6.07) is 16.2. The zero-order valence-electron chi connectivity index (χ0n) is 24.1. The van der Waals surface area contributed by atoms with Crippen molar-refractivity contribution in [2.75, 3.05) is 39.8 Å². The highest BCUT2D eigenvalue weighted by Crippen LogP contribution is 2.61. The van der Waals surface area contributed by atoms with E-state index in [9.17, 15) is 4.79 Å². The van der Waals surface area contributed by atoms with Gasteiger partial charge in [-0.15, -0.1) is 0 Å². The number of ether oxygens (including phenoxy) is 1. The average Bonchev–Trinajstić information content (AvgIpc) is 2.93. The lowest BCUT2D eigenvalue weighted by Crippen LogP contribution is -2.54. The van der Waals surface area contributed by atoms with E-state index >= 15 is 0 Å². The minimum Gasteiger partial charge on any atom is -0.497 e. The number of hydrogen-bond donors (Lipinski definition) is 0. The molecule has 2 aromatic carbocycles. The van der Waals surface area contributed by atoms with Crippen LogP contribution in [0.3, 0.4) is 0 Å². The zero-order valence-corrected chi connectivity index (χ0v) is 24.1. The molecule has 0 aromatic heterocycles. The molecule has 0 unspecified atom stereocenters. The Balaban J connectivity index is 1.48. The smallest absolute Gasteiger partial charge is 0.253 e. The van der Waals surface area contributed by atoms with Gasteiger partial charge in [-0.2, -0.15) is 0 Å². The Labute approximate surface area is 230 Å². The van der Waals surface area contributed by atoms with Gasteiger partial charge >= 0.3 is 0 Å². The van der Waals surface area contributed by atoms with E-state index in [0.29, 0.717) is 11.3 Å². The van der Waals surface area contributed by atoms with Crippen LogP contribution in [0.4, 0.5) is 0 Å². The summed E-state index contributed by atoms with van der Waals surface area (Å²) in [5.74, 6) is 3.36. The predicted molar refractivity (Wildman–Crippen MR) is 159 cm³/mol. The number of fused-ring (bicyclic) bond motifs is 2. The molecule has 3 saturated carbocycles. The molecule has 2 aromatic rings. The fourth-order valence-electron chi connectivity index (χ4n) is 6.79. The van der Waals surface area contributed by atoms with Crippen LogP contribution in [0.1, 0.15) is 68.4 Å². The van der Waals surface area contributed by atoms with Gasteiger partial charge in [-0.1, -0.05) is 51.3 Å². The summed E-state index contributed by atoms with van der Waals surface area (Å²) >= 11 is 0. The van der Waals surface area contributed by atoms with Crippen molar-refractivity contribution < 1.29 is 9.53 Å². The van der Waals surface area contributed by atoms with E-state index < -0.39 is 0 Å². The lowest BCUT2D eigenvalue weighted by Gasteiger charge is -2.60. The average molecular weight is 515 g/mol. The Hall–Kier alpha value is -2.85. The Morgan fingerprint density at radius 3 is 1.89 bits per heavy atom. The first-order chi connectivity index (χ1) is 18.2. The van der Waals surface area contributed by atoms with Crippen LogP contribution >= 0.6 is 0 Å². The molecule has 5 rings (SSSR count). The van der Waals surface area contributed by atoms with Crippen LogP contribution in [-0.2, 0) is 0 Å². The van der Waals surface area contributed by atoms with E-state index in [2.05, 4.69) is 56.2 Å². The molecular weight excluding hydrogens is 468 g/mol. The second-order valence-electron chi connectivity index (χ2n) is 11.9. The summed E-state index contributed by atoms with van der Waals surface area (Å²) in [7, 11) is 1.69. The van der Waals surface area contributed by atoms with Gasteiger partial charge in [0, 0.05) is 38.3 Å². The van der Waals surface area contributed by atoms with Gasteiger partial charge in [0.2, 0.25) is 0 Å². The number of amides is 1. The molecule has 38 heavy (non-hydrogen) atoms. The fraction of sp³-hybridized carbons (Fsp3) is 0.500. The summed E-state index contributed by atoms with van der Waals surface area (Å²) in [5.41, 5.74) is 5.63. The van der Waals surface area contributed by atoms with Gasteiger partial charge in [-0.25, -0.2) is 0 Å². The summed E-state index contributed by atoms with van der Waals surface area (Å²) in [6.07, 6.45) is 4.05. The van der Waals surface area contributed by atoms with E-state index in [1.807, 2.05) is 43.0 Å². The van der Waals surface area contributed by atoms with Crippen LogP contribution in [0, 0.1) is 23.2 Å². The van der Waals surface area contributed by atoms with Gasteiger partial charge in [0.1, 0.15) is 5.75 Å². The maximum atomic E-state index is 12.7. The third kappa shape index (κ3) is 5.91. The van der Waals surface area contributed by atoms with Crippen LogP contribution in [-0.4, -0.2) is 55.5 Å². The van der Waals surface area contributed by atoms with Crippen molar-refractivity contribution in [2.45, 2.75) is 47.0 Å². The highest BCUT2D eigenvalue weighted by molar-refractivity contribution is 5.94. The monoisotopic (exact) mass is 514 g/mol. The normalized spacial score (nSPS) is 21.5. The first-order valence-electron chi connectivity index (χ1n) is 14.3. The van der Waals surface area contributed by atoms with E-state index in [0.717, 1.165) is 78.1 Å². The number of rotatable bonds is 12. The van der Waals surface area contributed by atoms with E-state index in [1.54, 1.807) is 7.11 Å². The molecule has 0 spiro atoms. The summed E-state index contributed by atoms with van der Waals surface area (Å²) in [6.45, 7) is 22.0. The molecule has 0 N–H and O–H groups in total. The highest BCUT2D eigenvalue weighted by Gasteiger charge is 2.54. The number of hydrogen-bond acceptors (Lipinski definition) is 3. The lowest BCUT2D eigenvalue weighted by molar-refractivity contribution is -0.110. The maximum Gasteiger partial charge on any atom is 0.253 e. The van der Waals surface area contributed by atoms with Crippen molar-refractivity contribution in [1.82, 2.24) is 9.80 Å². The topological polar surface area (TPSA) is 32.8 Å². The minimum atomic E-state index is 0.0864. The van der Waals surface area contributed by atoms with Crippen LogP contribution in [0.2, 0.25) is 0 Å². The third-order valence-corrected chi connectivity index (χ3v) is 9.41. The van der Waals surface area contributed by atoms with Crippen LogP contribution in [0.15, 0.2) is 61.7 Å². The van der Waals surface area contributed by atoms with Gasteiger partial charge in [-0.05, 0) is 103 Å². The van der Waals surface area contributed by atoms with Gasteiger partial charge in [-0.3, -0.25) is 9.69 Å². The van der Waals surface area contributed by atoms with E-state index in [4.69, 9.17) is 4.74 Å². The number of carbonyl (C=O) groups excluding carboxylic acids is 1. The molecule has 204 valence electrons. The largest absolute Gasteiger partial charge is 0.497 e. The van der Waals surface area contributed by atoms with Gasteiger partial charge in [0.05, 0.1) is 7.11 Å². The van der Waals surface area contributed by atoms with Crippen LogP contribution in [0.25, 0.3) is 11.1 Å². The highest BCUT2D eigenvalue weighted by atomic mass is 16.5. The summed E-state index contributed by atoms with van der Waals surface area (Å²) in [5, 5.41) is 0. The van der Waals surface area contributed by atoms with Crippen LogP contribution in [0.5, 0.6) is 5.75 Å². The van der Waals surface area contributed by atoms with Crippen molar-refractivity contribution in [2.24, 2.45) is 23.2 Å². The van der Waals surface area contributed by atoms with Crippen molar-refractivity contribution in [3.63, 3.8) is 0 Å². The predicted octanol–water partition coefficient (Wildman–Crippen LogP) is 7.28. The maximum absolute atomic E-state index is 12.7. The van der Waals surface area contributed by atoms with Crippen molar-refractivity contribution in [1.29, 1.82) is 0 Å². The Bertz CT molecular complexity index is 1130. The number of methoxy groups -OCH3 is 1. The number of carbonyl (C=O) groups is 1. The quantitative estimate of drug-likeness (QED) is 0.298. The second kappa shape index (κ2) is 11.9. The minimum absolute atomic E-state index is 0.0864. The molecule has 4 heteroatoms. The fourth-order valence-corrected chi connectivity index (χ4v) is 6.79. The molecule has 0 saturated heterocycles. The first kappa shape index (κ1) is 28.2. The van der Waals surface area contributed by atoms with Crippen molar-refractivity contribution in [3.05, 3.63) is 78.4 Å². The number of nitrogens with zero attached hydrogens (tertiary/aromatic N) is 2. The molecular formula is C34H46N2O2. The van der Waals surface area contributed by atoms with E-state index in [1.165, 1.54) is 19.3 Å². The SMILES string of the molecule is C=C(CN(CC(=C)c1ccc(C(=O)N(CC)CC)cc1)C[C@@H]1CC[C@H]2C[C@@H]1C2(C)C)c1ccc(OC)cc1. The zero-order chi connectivity index (χ0) is 27.4. The Morgan fingerprint density at radius 1 is 0.895 bits per heavy atom. The molecule has 3 fully saturated rings. The molecule has 3 aliphatic carbocycles. The first-order valence-corrected chi connectivity index (χ1v) is 14.3. The molecule has 1 amide bonds. The molecule has 2 bridgehead atoms. The van der Waals surface area contributed by atoms with Crippen molar-refractivity contribution >= 4 is 17.1 Å². The van der Waals surface area contributed by atoms with Gasteiger partial charge in [0.25, 0.3) is 5.91 Å². The lowest BCUT2D eigenvalue weighted by atomic mass is 9.45.